The van der Waals surface area contributed by atoms with Crippen molar-refractivity contribution >= 4 is 24.0 Å². The van der Waals surface area contributed by atoms with Crippen LogP contribution in [0, 0.1) is 5.92 Å². The van der Waals surface area contributed by atoms with Gasteiger partial charge in [0.05, 0.1) is 19.4 Å². The van der Waals surface area contributed by atoms with Crippen LogP contribution in [0.4, 0.5) is 0 Å². The number of hydrogen-bond donors (Lipinski definition) is 2. The predicted octanol–water partition coefficient (Wildman–Crippen LogP) is 2.66. The maximum Gasteiger partial charge on any atom is 0.344 e. The second kappa shape index (κ2) is 13.1. The zero-order valence-corrected chi connectivity index (χ0v) is 21.2. The lowest BCUT2D eigenvalue weighted by Gasteiger charge is -2.20. The molecule has 0 saturated carbocycles. The summed E-state index contributed by atoms with van der Waals surface area (Å²) < 4.78 is 26.5. The first kappa shape index (κ1) is 27.3. The maximum absolute atomic E-state index is 12.8. The first-order valence-electron chi connectivity index (χ1n) is 11.9. The minimum absolute atomic E-state index is 0.102. The molecular weight excluding hydrogens is 482 g/mol. The summed E-state index contributed by atoms with van der Waals surface area (Å²) in [6, 6.07) is 8.99. The van der Waals surface area contributed by atoms with Gasteiger partial charge in [-0.15, -0.1) is 0 Å². The summed E-state index contributed by atoms with van der Waals surface area (Å²) in [5.74, 6) is 0.259. The normalized spacial score (nSPS) is 12.8. The topological polar surface area (TPSA) is 134 Å². The number of benzene rings is 2. The first-order chi connectivity index (χ1) is 17.8. The van der Waals surface area contributed by atoms with Crippen LogP contribution in [0.15, 0.2) is 41.5 Å². The summed E-state index contributed by atoms with van der Waals surface area (Å²) >= 11 is 0. The molecule has 0 fully saturated rings. The van der Waals surface area contributed by atoms with Gasteiger partial charge in [0.2, 0.25) is 6.79 Å². The number of amides is 2. The van der Waals surface area contributed by atoms with E-state index in [1.807, 2.05) is 20.8 Å². The van der Waals surface area contributed by atoms with Crippen LogP contribution >= 0.6 is 0 Å². The van der Waals surface area contributed by atoms with Crippen LogP contribution in [0.2, 0.25) is 0 Å². The Kier molecular flexibility index (Phi) is 9.70. The van der Waals surface area contributed by atoms with Crippen LogP contribution in [0.1, 0.15) is 43.6 Å². The van der Waals surface area contributed by atoms with Crippen LogP contribution in [-0.4, -0.2) is 56.7 Å². The van der Waals surface area contributed by atoms with E-state index in [0.29, 0.717) is 40.7 Å². The summed E-state index contributed by atoms with van der Waals surface area (Å²) in [7, 11) is 0. The molecular formula is C26H31N3O8. The Morgan fingerprint density at radius 1 is 1.00 bits per heavy atom. The zero-order chi connectivity index (χ0) is 26.8. The quantitative estimate of drug-likeness (QED) is 0.251. The highest BCUT2D eigenvalue weighted by molar-refractivity contribution is 5.98. The average molecular weight is 514 g/mol. The molecule has 0 spiro atoms. The van der Waals surface area contributed by atoms with Gasteiger partial charge in [0, 0.05) is 5.56 Å². The van der Waals surface area contributed by atoms with Gasteiger partial charge in [-0.3, -0.25) is 9.59 Å². The molecule has 2 N–H and O–H groups in total. The van der Waals surface area contributed by atoms with E-state index in [1.54, 1.807) is 43.3 Å². The molecule has 0 radical (unpaired) electrons. The molecule has 198 valence electrons. The van der Waals surface area contributed by atoms with Crippen molar-refractivity contribution in [2.24, 2.45) is 11.0 Å². The minimum atomic E-state index is -0.826. The third-order valence-corrected chi connectivity index (χ3v) is 5.18. The van der Waals surface area contributed by atoms with E-state index in [2.05, 4.69) is 15.8 Å². The van der Waals surface area contributed by atoms with Gasteiger partial charge in [-0.1, -0.05) is 13.8 Å². The molecule has 11 heteroatoms. The summed E-state index contributed by atoms with van der Waals surface area (Å²) in [6.45, 7) is 7.67. The molecule has 0 aliphatic carbocycles. The monoisotopic (exact) mass is 513 g/mol. The lowest BCUT2D eigenvalue weighted by atomic mass is 10.0. The predicted molar refractivity (Wildman–Crippen MR) is 134 cm³/mol. The van der Waals surface area contributed by atoms with Crippen molar-refractivity contribution in [2.75, 3.05) is 26.6 Å². The Morgan fingerprint density at radius 2 is 1.78 bits per heavy atom. The number of fused-ring (bicyclic) bond motifs is 1. The van der Waals surface area contributed by atoms with Crippen molar-refractivity contribution in [3.05, 3.63) is 47.5 Å². The first-order valence-corrected chi connectivity index (χ1v) is 11.9. The summed E-state index contributed by atoms with van der Waals surface area (Å²) in [4.78, 5) is 37.1. The van der Waals surface area contributed by atoms with Crippen molar-refractivity contribution in [1.29, 1.82) is 0 Å². The maximum atomic E-state index is 12.8. The molecule has 2 aromatic rings. The van der Waals surface area contributed by atoms with Crippen molar-refractivity contribution in [3.63, 3.8) is 0 Å². The Balaban J connectivity index is 1.61. The van der Waals surface area contributed by atoms with Crippen LogP contribution in [-0.2, 0) is 14.3 Å². The number of esters is 1. The number of carbonyl (C=O) groups is 3. The standard InChI is InChI=1S/C26H31N3O8/c1-5-33-21-11-17(7-9-19(21)35-14-23(30)34-6-2)13-27-29-26(32)24(16(3)4)28-25(31)18-8-10-20-22(12-18)37-15-36-20/h7-13,16,24H,5-6,14-15H2,1-4H3,(H,28,31)(H,29,32)/b27-13-/t24-/m1/s1. The van der Waals surface area contributed by atoms with E-state index in [-0.39, 0.29) is 25.9 Å². The molecule has 37 heavy (non-hydrogen) atoms. The number of nitrogens with one attached hydrogen (secondary N) is 2. The lowest BCUT2D eigenvalue weighted by Crippen LogP contribution is -2.48. The average Bonchev–Trinajstić information content (AvgIpc) is 3.35. The lowest BCUT2D eigenvalue weighted by molar-refractivity contribution is -0.145. The van der Waals surface area contributed by atoms with Gasteiger partial charge < -0.3 is 29.0 Å². The Morgan fingerprint density at radius 3 is 2.51 bits per heavy atom. The summed E-state index contributed by atoms with van der Waals surface area (Å²) in [5, 5.41) is 6.76. The smallest absolute Gasteiger partial charge is 0.344 e. The highest BCUT2D eigenvalue weighted by atomic mass is 16.7. The molecule has 1 heterocycles. The van der Waals surface area contributed by atoms with Gasteiger partial charge in [-0.2, -0.15) is 5.10 Å². The highest BCUT2D eigenvalue weighted by Gasteiger charge is 2.25. The fourth-order valence-corrected chi connectivity index (χ4v) is 3.37. The van der Waals surface area contributed by atoms with Gasteiger partial charge in [0.1, 0.15) is 6.04 Å². The molecule has 0 aromatic heterocycles. The molecule has 3 rings (SSSR count). The van der Waals surface area contributed by atoms with Crippen LogP contribution < -0.4 is 29.7 Å². The second-order valence-corrected chi connectivity index (χ2v) is 8.23. The van der Waals surface area contributed by atoms with Gasteiger partial charge in [0.25, 0.3) is 11.8 Å². The third-order valence-electron chi connectivity index (χ3n) is 5.18. The molecule has 0 saturated heterocycles. The number of hydrazone groups is 1. The van der Waals surface area contributed by atoms with Crippen LogP contribution in [0.25, 0.3) is 0 Å². The van der Waals surface area contributed by atoms with Crippen LogP contribution in [0.5, 0.6) is 23.0 Å². The fraction of sp³-hybridized carbons (Fsp3) is 0.385. The largest absolute Gasteiger partial charge is 0.490 e. The fourth-order valence-electron chi connectivity index (χ4n) is 3.37. The molecule has 0 bridgehead atoms. The number of carbonyl (C=O) groups excluding carboxylic acids is 3. The Labute approximate surface area is 215 Å². The van der Waals surface area contributed by atoms with Gasteiger partial charge in [-0.25, -0.2) is 10.2 Å². The van der Waals surface area contributed by atoms with Crippen molar-refractivity contribution < 1.29 is 38.1 Å². The van der Waals surface area contributed by atoms with Crippen molar-refractivity contribution in [1.82, 2.24) is 10.7 Å². The Hall–Kier alpha value is -4.28. The van der Waals surface area contributed by atoms with Gasteiger partial charge >= 0.3 is 5.97 Å². The third kappa shape index (κ3) is 7.60. The number of ether oxygens (including phenoxy) is 5. The Bertz CT molecular complexity index is 1150. The van der Waals surface area contributed by atoms with E-state index >= 15 is 0 Å². The molecule has 1 aliphatic rings. The van der Waals surface area contributed by atoms with E-state index in [0.717, 1.165) is 0 Å². The van der Waals surface area contributed by atoms with Crippen molar-refractivity contribution in [3.8, 4) is 23.0 Å². The molecule has 1 aliphatic heterocycles. The summed E-state index contributed by atoms with van der Waals surface area (Å²) in [5.41, 5.74) is 3.44. The molecule has 0 unspecified atom stereocenters. The van der Waals surface area contributed by atoms with Crippen LogP contribution in [0.3, 0.4) is 0 Å². The molecule has 1 atom stereocenters. The van der Waals surface area contributed by atoms with E-state index < -0.39 is 23.8 Å². The minimum Gasteiger partial charge on any atom is -0.490 e. The second-order valence-electron chi connectivity index (χ2n) is 8.23. The summed E-state index contributed by atoms with van der Waals surface area (Å²) in [6.07, 6.45) is 1.44. The van der Waals surface area contributed by atoms with Crippen molar-refractivity contribution in [2.45, 2.75) is 33.7 Å². The van der Waals surface area contributed by atoms with Gasteiger partial charge in [0.15, 0.2) is 29.6 Å². The molecule has 2 amide bonds. The molecule has 11 nitrogen and oxygen atoms in total. The zero-order valence-electron chi connectivity index (χ0n) is 21.2. The van der Waals surface area contributed by atoms with E-state index in [4.69, 9.17) is 23.7 Å². The SMILES string of the molecule is CCOC(=O)COc1ccc(/C=N\NC(=O)[C@H](NC(=O)c2ccc3c(c2)OCO3)C(C)C)cc1OCC. The van der Waals surface area contributed by atoms with E-state index in [9.17, 15) is 14.4 Å². The number of nitrogens with zero attached hydrogens (tertiary/aromatic N) is 1. The van der Waals surface area contributed by atoms with E-state index in [1.165, 1.54) is 6.21 Å². The number of hydrogen-bond acceptors (Lipinski definition) is 9. The molecule has 2 aromatic carbocycles. The van der Waals surface area contributed by atoms with Gasteiger partial charge in [-0.05, 0) is 61.7 Å². The highest BCUT2D eigenvalue weighted by Crippen LogP contribution is 2.32. The number of rotatable bonds is 12.